The molecule has 1 N–H and O–H groups in total. The second-order valence-electron chi connectivity index (χ2n) is 6.69. The number of hydrogen-bond acceptors (Lipinski definition) is 6. The number of carbonyl (C=O) groups is 1. The van der Waals surface area contributed by atoms with Crippen molar-refractivity contribution >= 4 is 27.5 Å². The third kappa shape index (κ3) is 3.81. The Morgan fingerprint density at radius 3 is 3.04 bits per heavy atom. The molecule has 0 saturated carbocycles. The first-order chi connectivity index (χ1) is 13.7. The Balaban J connectivity index is 1.63. The van der Waals surface area contributed by atoms with Crippen LogP contribution in [0.5, 0.6) is 11.5 Å². The SMILES string of the molecule is CCCOCC(=O)N1CCOc2c(O)cc(-c3nc4ccccc4s3)cc2C1. The molecule has 6 nitrogen and oxygen atoms in total. The van der Waals surface area contributed by atoms with Gasteiger partial charge in [0, 0.05) is 24.3 Å². The molecule has 7 heteroatoms. The van der Waals surface area contributed by atoms with E-state index in [1.165, 1.54) is 0 Å². The van der Waals surface area contributed by atoms with Crippen LogP contribution in [0, 0.1) is 0 Å². The van der Waals surface area contributed by atoms with Gasteiger partial charge in [-0.25, -0.2) is 4.98 Å². The smallest absolute Gasteiger partial charge is 0.248 e. The van der Waals surface area contributed by atoms with Crippen molar-refractivity contribution in [2.24, 2.45) is 0 Å². The minimum absolute atomic E-state index is 0.0622. The lowest BCUT2D eigenvalue weighted by molar-refractivity contribution is -0.136. The molecule has 1 aliphatic rings. The number of ether oxygens (including phenoxy) is 2. The number of nitrogens with zero attached hydrogens (tertiary/aromatic N) is 2. The van der Waals surface area contributed by atoms with Crippen LogP contribution in [0.4, 0.5) is 0 Å². The molecule has 0 saturated heterocycles. The Labute approximate surface area is 167 Å². The van der Waals surface area contributed by atoms with Crippen LogP contribution >= 0.6 is 11.3 Å². The summed E-state index contributed by atoms with van der Waals surface area (Å²) in [5.41, 5.74) is 2.52. The van der Waals surface area contributed by atoms with Gasteiger partial charge in [0.15, 0.2) is 11.5 Å². The van der Waals surface area contributed by atoms with Crippen LogP contribution < -0.4 is 4.74 Å². The van der Waals surface area contributed by atoms with E-state index in [2.05, 4.69) is 4.98 Å². The molecule has 0 atom stereocenters. The van der Waals surface area contributed by atoms with E-state index in [1.807, 2.05) is 37.3 Å². The molecule has 1 amide bonds. The van der Waals surface area contributed by atoms with Gasteiger partial charge in [0.05, 0.1) is 16.8 Å². The number of hydrogen-bond donors (Lipinski definition) is 1. The predicted molar refractivity (Wildman–Crippen MR) is 109 cm³/mol. The summed E-state index contributed by atoms with van der Waals surface area (Å²) < 4.78 is 12.2. The highest BCUT2D eigenvalue weighted by atomic mass is 32.1. The number of phenols is 1. The van der Waals surface area contributed by atoms with Gasteiger partial charge in [0.25, 0.3) is 0 Å². The minimum Gasteiger partial charge on any atom is -0.504 e. The van der Waals surface area contributed by atoms with Gasteiger partial charge >= 0.3 is 0 Å². The van der Waals surface area contributed by atoms with Crippen LogP contribution in [0.25, 0.3) is 20.8 Å². The number of carbonyl (C=O) groups excluding carboxylic acids is 1. The fraction of sp³-hybridized carbons (Fsp3) is 0.333. The summed E-state index contributed by atoms with van der Waals surface area (Å²) in [6.45, 7) is 3.80. The van der Waals surface area contributed by atoms with Gasteiger partial charge in [0.1, 0.15) is 18.2 Å². The molecule has 0 fully saturated rings. The van der Waals surface area contributed by atoms with E-state index in [0.29, 0.717) is 32.1 Å². The molecule has 146 valence electrons. The minimum atomic E-state index is -0.0743. The molecule has 28 heavy (non-hydrogen) atoms. The summed E-state index contributed by atoms with van der Waals surface area (Å²) in [4.78, 5) is 18.8. The van der Waals surface area contributed by atoms with Crippen molar-refractivity contribution in [3.05, 3.63) is 42.0 Å². The Kier molecular flexibility index (Phi) is 5.45. The van der Waals surface area contributed by atoms with E-state index in [9.17, 15) is 9.90 Å². The molecule has 0 aliphatic carbocycles. The molecule has 1 aromatic heterocycles. The highest BCUT2D eigenvalue weighted by molar-refractivity contribution is 7.21. The summed E-state index contributed by atoms with van der Waals surface area (Å²) in [5.74, 6) is 0.438. The molecule has 0 spiro atoms. The highest BCUT2D eigenvalue weighted by Crippen LogP contribution is 2.39. The lowest BCUT2D eigenvalue weighted by atomic mass is 10.1. The van der Waals surface area contributed by atoms with Gasteiger partial charge < -0.3 is 19.5 Å². The average molecular weight is 398 g/mol. The normalized spacial score (nSPS) is 13.8. The predicted octanol–water partition coefficient (Wildman–Crippen LogP) is 3.82. The second kappa shape index (κ2) is 8.16. The van der Waals surface area contributed by atoms with Crippen molar-refractivity contribution < 1.29 is 19.4 Å². The largest absolute Gasteiger partial charge is 0.504 e. The van der Waals surface area contributed by atoms with E-state index in [1.54, 1.807) is 22.3 Å². The summed E-state index contributed by atoms with van der Waals surface area (Å²) >= 11 is 1.57. The van der Waals surface area contributed by atoms with Gasteiger partial charge in [-0.2, -0.15) is 0 Å². The van der Waals surface area contributed by atoms with Gasteiger partial charge in [-0.1, -0.05) is 19.1 Å². The number of fused-ring (bicyclic) bond motifs is 2. The Morgan fingerprint density at radius 2 is 2.21 bits per heavy atom. The maximum atomic E-state index is 12.5. The lowest BCUT2D eigenvalue weighted by Crippen LogP contribution is -2.35. The van der Waals surface area contributed by atoms with Gasteiger partial charge in [-0.15, -0.1) is 11.3 Å². The number of para-hydroxylation sites is 1. The maximum absolute atomic E-state index is 12.5. The second-order valence-corrected chi connectivity index (χ2v) is 7.72. The number of aromatic nitrogens is 1. The number of thiazole rings is 1. The van der Waals surface area contributed by atoms with Gasteiger partial charge in [-0.3, -0.25) is 4.79 Å². The molecule has 2 heterocycles. The molecule has 2 aromatic carbocycles. The Morgan fingerprint density at radius 1 is 1.36 bits per heavy atom. The fourth-order valence-electron chi connectivity index (χ4n) is 3.23. The fourth-order valence-corrected chi connectivity index (χ4v) is 4.18. The number of phenolic OH excluding ortho intramolecular Hbond substituents is 1. The third-order valence-electron chi connectivity index (χ3n) is 4.58. The Hall–Kier alpha value is -2.64. The van der Waals surface area contributed by atoms with Crippen LogP contribution in [0.15, 0.2) is 36.4 Å². The third-order valence-corrected chi connectivity index (χ3v) is 5.67. The van der Waals surface area contributed by atoms with Crippen LogP contribution in [0.3, 0.4) is 0 Å². The molecular weight excluding hydrogens is 376 g/mol. The van der Waals surface area contributed by atoms with Crippen molar-refractivity contribution in [2.75, 3.05) is 26.4 Å². The number of aromatic hydroxyl groups is 1. The van der Waals surface area contributed by atoms with E-state index in [-0.39, 0.29) is 18.3 Å². The van der Waals surface area contributed by atoms with Gasteiger partial charge in [0.2, 0.25) is 5.91 Å². The first-order valence-electron chi connectivity index (χ1n) is 9.36. The van der Waals surface area contributed by atoms with Crippen molar-refractivity contribution in [2.45, 2.75) is 19.9 Å². The summed E-state index contributed by atoms with van der Waals surface area (Å²) in [5, 5.41) is 11.3. The molecule has 0 bridgehead atoms. The van der Waals surface area contributed by atoms with Crippen molar-refractivity contribution in [1.29, 1.82) is 0 Å². The molecule has 0 radical (unpaired) electrons. The van der Waals surface area contributed by atoms with E-state index < -0.39 is 0 Å². The first-order valence-corrected chi connectivity index (χ1v) is 10.2. The quantitative estimate of drug-likeness (QED) is 0.662. The van der Waals surface area contributed by atoms with E-state index >= 15 is 0 Å². The van der Waals surface area contributed by atoms with E-state index in [4.69, 9.17) is 9.47 Å². The van der Waals surface area contributed by atoms with E-state index in [0.717, 1.165) is 32.8 Å². The molecule has 0 unspecified atom stereocenters. The van der Waals surface area contributed by atoms with Crippen molar-refractivity contribution in [3.8, 4) is 22.1 Å². The lowest BCUT2D eigenvalue weighted by Gasteiger charge is -2.20. The summed E-state index contributed by atoms with van der Waals surface area (Å²) in [7, 11) is 0. The van der Waals surface area contributed by atoms with Crippen LogP contribution in [-0.4, -0.2) is 47.3 Å². The monoisotopic (exact) mass is 398 g/mol. The topological polar surface area (TPSA) is 71.9 Å². The zero-order valence-corrected chi connectivity index (χ0v) is 16.5. The Bertz CT molecular complexity index is 968. The molecule has 3 aromatic rings. The molecule has 1 aliphatic heterocycles. The van der Waals surface area contributed by atoms with Crippen LogP contribution in [-0.2, 0) is 16.1 Å². The number of benzene rings is 2. The van der Waals surface area contributed by atoms with Crippen molar-refractivity contribution in [1.82, 2.24) is 9.88 Å². The van der Waals surface area contributed by atoms with Gasteiger partial charge in [-0.05, 0) is 30.7 Å². The summed E-state index contributed by atoms with van der Waals surface area (Å²) in [6, 6.07) is 11.6. The zero-order valence-electron chi connectivity index (χ0n) is 15.7. The first kappa shape index (κ1) is 18.7. The summed E-state index contributed by atoms with van der Waals surface area (Å²) in [6.07, 6.45) is 0.874. The zero-order chi connectivity index (χ0) is 19.5. The maximum Gasteiger partial charge on any atom is 0.248 e. The number of amides is 1. The molecule has 4 rings (SSSR count). The van der Waals surface area contributed by atoms with Crippen LogP contribution in [0.1, 0.15) is 18.9 Å². The number of rotatable bonds is 5. The van der Waals surface area contributed by atoms with Crippen molar-refractivity contribution in [3.63, 3.8) is 0 Å². The highest BCUT2D eigenvalue weighted by Gasteiger charge is 2.23. The average Bonchev–Trinajstić information content (AvgIpc) is 3.01. The van der Waals surface area contributed by atoms with Crippen LogP contribution in [0.2, 0.25) is 0 Å². The molecular formula is C21H22N2O4S. The standard InChI is InChI=1S/C21H22N2O4S/c1-2-8-26-13-19(25)23-7-9-27-20-15(12-23)10-14(11-17(20)24)21-22-16-5-3-4-6-18(16)28-21/h3-6,10-11,24H,2,7-9,12-13H2,1H3.